The second-order valence-corrected chi connectivity index (χ2v) is 7.55. The van der Waals surface area contributed by atoms with Crippen molar-refractivity contribution in [3.8, 4) is 0 Å². The molecule has 1 N–H and O–H groups in total. The van der Waals surface area contributed by atoms with Gasteiger partial charge in [0.2, 0.25) is 11.8 Å². The SMILES string of the molecule is C=CCNC(=O)[C@@H](Cc1ccccc1)N(Cc1ccc(F)cc1)C(=O)Cc1ccccc1. The number of hydrogen-bond donors (Lipinski definition) is 1. The zero-order valence-corrected chi connectivity index (χ0v) is 17.9. The number of halogens is 1. The lowest BCUT2D eigenvalue weighted by Crippen LogP contribution is -2.51. The van der Waals surface area contributed by atoms with Gasteiger partial charge in [0.1, 0.15) is 11.9 Å². The van der Waals surface area contributed by atoms with Gasteiger partial charge in [-0.15, -0.1) is 6.58 Å². The summed E-state index contributed by atoms with van der Waals surface area (Å²) < 4.78 is 13.4. The Morgan fingerprint density at radius 2 is 1.47 bits per heavy atom. The molecule has 3 aromatic rings. The maximum atomic E-state index is 13.4. The van der Waals surface area contributed by atoms with Crippen LogP contribution in [-0.4, -0.2) is 29.3 Å². The quantitative estimate of drug-likeness (QED) is 0.487. The molecule has 0 aromatic heterocycles. The molecule has 1 atom stereocenters. The molecule has 3 rings (SSSR count). The standard InChI is InChI=1S/C27H27FN2O2/c1-2-17-29-27(32)25(18-21-9-5-3-6-10-21)30(20-23-13-15-24(28)16-14-23)26(31)19-22-11-7-4-8-12-22/h2-16,25H,1,17-20H2,(H,29,32)/t25-/m1/s1. The highest BCUT2D eigenvalue weighted by molar-refractivity contribution is 5.88. The molecule has 0 fully saturated rings. The van der Waals surface area contributed by atoms with Crippen molar-refractivity contribution in [2.75, 3.05) is 6.54 Å². The van der Waals surface area contributed by atoms with Crippen molar-refractivity contribution < 1.29 is 14.0 Å². The minimum absolute atomic E-state index is 0.169. The molecule has 0 radical (unpaired) electrons. The molecule has 0 spiro atoms. The van der Waals surface area contributed by atoms with Crippen LogP contribution in [0.15, 0.2) is 97.6 Å². The first-order chi connectivity index (χ1) is 15.6. The number of nitrogens with one attached hydrogen (secondary N) is 1. The van der Waals surface area contributed by atoms with E-state index in [4.69, 9.17) is 0 Å². The predicted octanol–water partition coefficient (Wildman–Crippen LogP) is 4.31. The van der Waals surface area contributed by atoms with E-state index in [1.165, 1.54) is 12.1 Å². The van der Waals surface area contributed by atoms with Crippen LogP contribution in [0.5, 0.6) is 0 Å². The Morgan fingerprint density at radius 3 is 2.06 bits per heavy atom. The van der Waals surface area contributed by atoms with Gasteiger partial charge in [0.15, 0.2) is 0 Å². The van der Waals surface area contributed by atoms with Crippen LogP contribution in [0.25, 0.3) is 0 Å². The first-order valence-electron chi connectivity index (χ1n) is 10.6. The molecule has 5 heteroatoms. The van der Waals surface area contributed by atoms with Crippen LogP contribution in [0.4, 0.5) is 4.39 Å². The van der Waals surface area contributed by atoms with E-state index in [2.05, 4.69) is 11.9 Å². The summed E-state index contributed by atoms with van der Waals surface area (Å²) in [5.41, 5.74) is 2.57. The van der Waals surface area contributed by atoms with Gasteiger partial charge in [0, 0.05) is 19.5 Å². The normalized spacial score (nSPS) is 11.4. The third-order valence-electron chi connectivity index (χ3n) is 5.16. The van der Waals surface area contributed by atoms with E-state index >= 15 is 0 Å². The van der Waals surface area contributed by atoms with Crippen molar-refractivity contribution in [1.82, 2.24) is 10.2 Å². The van der Waals surface area contributed by atoms with E-state index in [0.717, 1.165) is 16.7 Å². The van der Waals surface area contributed by atoms with Crippen LogP contribution in [0, 0.1) is 5.82 Å². The molecule has 0 aliphatic heterocycles. The average molecular weight is 431 g/mol. The highest BCUT2D eigenvalue weighted by atomic mass is 19.1. The summed E-state index contributed by atoms with van der Waals surface area (Å²) in [6.45, 7) is 4.16. The summed E-state index contributed by atoms with van der Waals surface area (Å²) in [4.78, 5) is 28.2. The van der Waals surface area contributed by atoms with Crippen LogP contribution < -0.4 is 5.32 Å². The Kier molecular flexibility index (Phi) is 8.32. The molecule has 4 nitrogen and oxygen atoms in total. The summed E-state index contributed by atoms with van der Waals surface area (Å²) in [5, 5.41) is 2.84. The van der Waals surface area contributed by atoms with Crippen LogP contribution in [0.3, 0.4) is 0 Å². The van der Waals surface area contributed by atoms with Crippen molar-refractivity contribution >= 4 is 11.8 Å². The van der Waals surface area contributed by atoms with Crippen LogP contribution >= 0.6 is 0 Å². The number of hydrogen-bond acceptors (Lipinski definition) is 2. The molecule has 3 aromatic carbocycles. The van der Waals surface area contributed by atoms with Crippen molar-refractivity contribution in [3.05, 3.63) is 120 Å². The summed E-state index contributed by atoms with van der Waals surface area (Å²) in [6, 6.07) is 24.3. The maximum absolute atomic E-state index is 13.4. The molecule has 0 aliphatic carbocycles. The first-order valence-corrected chi connectivity index (χ1v) is 10.6. The first kappa shape index (κ1) is 22.9. The largest absolute Gasteiger partial charge is 0.351 e. The molecule has 0 saturated carbocycles. The van der Waals surface area contributed by atoms with Gasteiger partial charge in [0.05, 0.1) is 6.42 Å². The monoisotopic (exact) mass is 430 g/mol. The van der Waals surface area contributed by atoms with Gasteiger partial charge in [-0.3, -0.25) is 9.59 Å². The second kappa shape index (κ2) is 11.6. The fraction of sp³-hybridized carbons (Fsp3) is 0.185. The van der Waals surface area contributed by atoms with Gasteiger partial charge in [0.25, 0.3) is 0 Å². The smallest absolute Gasteiger partial charge is 0.243 e. The van der Waals surface area contributed by atoms with Gasteiger partial charge in [-0.05, 0) is 28.8 Å². The molecular formula is C27H27FN2O2. The predicted molar refractivity (Wildman–Crippen MR) is 124 cm³/mol. The molecule has 32 heavy (non-hydrogen) atoms. The third kappa shape index (κ3) is 6.64. The Labute approximate surface area is 188 Å². The van der Waals surface area contributed by atoms with Crippen LogP contribution in [0.2, 0.25) is 0 Å². The maximum Gasteiger partial charge on any atom is 0.243 e. The molecule has 0 unspecified atom stereocenters. The van der Waals surface area contributed by atoms with E-state index in [1.807, 2.05) is 60.7 Å². The van der Waals surface area contributed by atoms with Gasteiger partial charge in [-0.1, -0.05) is 78.9 Å². The van der Waals surface area contributed by atoms with Gasteiger partial charge >= 0.3 is 0 Å². The van der Waals surface area contributed by atoms with Gasteiger partial charge < -0.3 is 10.2 Å². The zero-order chi connectivity index (χ0) is 22.8. The molecule has 164 valence electrons. The lowest BCUT2D eigenvalue weighted by atomic mass is 10.0. The van der Waals surface area contributed by atoms with Crippen molar-refractivity contribution in [2.24, 2.45) is 0 Å². The van der Waals surface area contributed by atoms with Crippen molar-refractivity contribution in [2.45, 2.75) is 25.4 Å². The number of nitrogens with zero attached hydrogens (tertiary/aromatic N) is 1. The number of amides is 2. The summed E-state index contributed by atoms with van der Waals surface area (Å²) >= 11 is 0. The summed E-state index contributed by atoms with van der Waals surface area (Å²) in [6.07, 6.45) is 2.14. The molecule has 0 bridgehead atoms. The lowest BCUT2D eigenvalue weighted by molar-refractivity contribution is -0.140. The number of carbonyl (C=O) groups is 2. The molecule has 2 amide bonds. The topological polar surface area (TPSA) is 49.4 Å². The third-order valence-corrected chi connectivity index (χ3v) is 5.16. The van der Waals surface area contributed by atoms with Crippen molar-refractivity contribution in [3.63, 3.8) is 0 Å². The van der Waals surface area contributed by atoms with Crippen molar-refractivity contribution in [1.29, 1.82) is 0 Å². The van der Waals surface area contributed by atoms with E-state index in [1.54, 1.807) is 23.1 Å². The van der Waals surface area contributed by atoms with E-state index in [9.17, 15) is 14.0 Å². The summed E-state index contributed by atoms with van der Waals surface area (Å²) in [7, 11) is 0. The highest BCUT2D eigenvalue weighted by Crippen LogP contribution is 2.17. The fourth-order valence-corrected chi connectivity index (χ4v) is 3.50. The number of rotatable bonds is 10. The van der Waals surface area contributed by atoms with Gasteiger partial charge in [-0.2, -0.15) is 0 Å². The Morgan fingerprint density at radius 1 is 0.875 bits per heavy atom. The van der Waals surface area contributed by atoms with Crippen LogP contribution in [0.1, 0.15) is 16.7 Å². The highest BCUT2D eigenvalue weighted by Gasteiger charge is 2.30. The number of benzene rings is 3. The number of carbonyl (C=O) groups excluding carboxylic acids is 2. The van der Waals surface area contributed by atoms with E-state index in [0.29, 0.717) is 13.0 Å². The fourth-order valence-electron chi connectivity index (χ4n) is 3.50. The minimum Gasteiger partial charge on any atom is -0.351 e. The average Bonchev–Trinajstić information content (AvgIpc) is 2.82. The van der Waals surface area contributed by atoms with Crippen LogP contribution in [-0.2, 0) is 29.0 Å². The Balaban J connectivity index is 1.93. The van der Waals surface area contributed by atoms with E-state index < -0.39 is 6.04 Å². The second-order valence-electron chi connectivity index (χ2n) is 7.55. The Hall–Kier alpha value is -3.73. The molecule has 0 aliphatic rings. The van der Waals surface area contributed by atoms with Gasteiger partial charge in [-0.25, -0.2) is 4.39 Å². The molecule has 0 heterocycles. The van der Waals surface area contributed by atoms with E-state index in [-0.39, 0.29) is 30.6 Å². The lowest BCUT2D eigenvalue weighted by Gasteiger charge is -2.31. The summed E-state index contributed by atoms with van der Waals surface area (Å²) in [5.74, 6) is -0.770. The zero-order valence-electron chi connectivity index (χ0n) is 17.9. The minimum atomic E-state index is -0.724. The molecular weight excluding hydrogens is 403 g/mol. The Bertz CT molecular complexity index is 1020. The molecule has 0 saturated heterocycles.